The molecule has 1 rings (SSSR count). The largest absolute Gasteiger partial charge is 0.276 e. The maximum Gasteiger partial charge on any atom is 0.0624 e. The molecule has 0 aliphatic heterocycles. The molecule has 4 heteroatoms. The van der Waals surface area contributed by atoms with Gasteiger partial charge in [0.1, 0.15) is 0 Å². The molecule has 0 spiro atoms. The van der Waals surface area contributed by atoms with Gasteiger partial charge in [0.2, 0.25) is 0 Å². The van der Waals surface area contributed by atoms with Crippen molar-refractivity contribution < 1.29 is 0 Å². The highest BCUT2D eigenvalue weighted by atomic mass is 32.1. The van der Waals surface area contributed by atoms with E-state index in [2.05, 4.69) is 30.4 Å². The summed E-state index contributed by atoms with van der Waals surface area (Å²) in [5.41, 5.74) is 1.14. The Morgan fingerprint density at radius 2 is 2.42 bits per heavy atom. The Hall–Kier alpha value is -0.0900. The molecule has 1 heterocycles. The first-order valence-electron chi connectivity index (χ1n) is 4.00. The van der Waals surface area contributed by atoms with E-state index in [9.17, 15) is 0 Å². The zero-order valence-corrected chi connectivity index (χ0v) is 8.93. The van der Waals surface area contributed by atoms with Crippen molar-refractivity contribution >= 4 is 25.3 Å². The van der Waals surface area contributed by atoms with Gasteiger partial charge >= 0.3 is 0 Å². The Labute approximate surface area is 84.2 Å². The monoisotopic (exact) mass is 202 g/mol. The van der Waals surface area contributed by atoms with E-state index in [1.807, 2.05) is 24.0 Å². The van der Waals surface area contributed by atoms with Crippen LogP contribution in [0.15, 0.2) is 12.3 Å². The van der Waals surface area contributed by atoms with Crippen LogP contribution in [0.5, 0.6) is 0 Å². The van der Waals surface area contributed by atoms with E-state index in [0.717, 1.165) is 24.3 Å². The van der Waals surface area contributed by atoms with Crippen LogP contribution in [0.2, 0.25) is 0 Å². The zero-order valence-electron chi connectivity index (χ0n) is 7.14. The van der Waals surface area contributed by atoms with Crippen molar-refractivity contribution in [2.24, 2.45) is 7.05 Å². The molecule has 0 aromatic carbocycles. The first-order chi connectivity index (χ1) is 5.72. The molecule has 1 aromatic rings. The van der Waals surface area contributed by atoms with Gasteiger partial charge in [-0.15, -0.1) is 0 Å². The number of rotatable bonds is 4. The summed E-state index contributed by atoms with van der Waals surface area (Å²) >= 11 is 8.52. The molecular weight excluding hydrogens is 188 g/mol. The van der Waals surface area contributed by atoms with Crippen LogP contribution in [0.4, 0.5) is 0 Å². The minimum Gasteiger partial charge on any atom is -0.276 e. The van der Waals surface area contributed by atoms with E-state index in [0.29, 0.717) is 5.25 Å². The maximum atomic E-state index is 4.36. The van der Waals surface area contributed by atoms with Gasteiger partial charge in [0.15, 0.2) is 0 Å². The van der Waals surface area contributed by atoms with Crippen molar-refractivity contribution in [3.05, 3.63) is 18.0 Å². The summed E-state index contributed by atoms with van der Waals surface area (Å²) < 4.78 is 1.82. The Morgan fingerprint density at radius 3 is 2.92 bits per heavy atom. The molecule has 0 fully saturated rings. The van der Waals surface area contributed by atoms with Crippen LogP contribution >= 0.6 is 25.3 Å². The van der Waals surface area contributed by atoms with Crippen molar-refractivity contribution in [2.45, 2.75) is 18.1 Å². The molecule has 0 radical (unpaired) electrons. The molecule has 1 atom stereocenters. The molecule has 0 amide bonds. The van der Waals surface area contributed by atoms with Gasteiger partial charge in [-0.25, -0.2) is 0 Å². The smallest absolute Gasteiger partial charge is 0.0624 e. The second-order valence-corrected chi connectivity index (χ2v) is 3.95. The standard InChI is InChI=1S/C8H14N2S2/c1-10-5-4-7(9-10)2-3-8(12)6-11/h4-5,8,11-12H,2-3,6H2,1H3/t8-/m1/s1. The van der Waals surface area contributed by atoms with Gasteiger partial charge in [0.05, 0.1) is 5.69 Å². The van der Waals surface area contributed by atoms with Gasteiger partial charge in [-0.3, -0.25) is 4.68 Å². The lowest BCUT2D eigenvalue weighted by atomic mass is 10.2. The van der Waals surface area contributed by atoms with Crippen LogP contribution in [0.1, 0.15) is 12.1 Å². The fraction of sp³-hybridized carbons (Fsp3) is 0.625. The first-order valence-corrected chi connectivity index (χ1v) is 5.14. The predicted molar refractivity (Wildman–Crippen MR) is 58.2 cm³/mol. The van der Waals surface area contributed by atoms with Gasteiger partial charge in [0, 0.05) is 24.2 Å². The van der Waals surface area contributed by atoms with E-state index in [4.69, 9.17) is 0 Å². The molecule has 2 nitrogen and oxygen atoms in total. The lowest BCUT2D eigenvalue weighted by Gasteiger charge is -2.03. The number of aryl methyl sites for hydroxylation is 2. The average molecular weight is 202 g/mol. The van der Waals surface area contributed by atoms with Crippen molar-refractivity contribution in [2.75, 3.05) is 5.75 Å². The minimum atomic E-state index is 0.385. The van der Waals surface area contributed by atoms with E-state index in [1.165, 1.54) is 0 Å². The van der Waals surface area contributed by atoms with Crippen LogP contribution < -0.4 is 0 Å². The fourth-order valence-electron chi connectivity index (χ4n) is 1.00. The molecule has 0 aliphatic carbocycles. The van der Waals surface area contributed by atoms with Gasteiger partial charge < -0.3 is 0 Å². The third-order valence-electron chi connectivity index (χ3n) is 1.71. The highest BCUT2D eigenvalue weighted by Crippen LogP contribution is 2.08. The normalized spacial score (nSPS) is 13.2. The summed E-state index contributed by atoms with van der Waals surface area (Å²) in [6.07, 6.45) is 4.00. The molecule has 0 N–H and O–H groups in total. The first kappa shape index (κ1) is 9.99. The van der Waals surface area contributed by atoms with Gasteiger partial charge in [-0.05, 0) is 18.9 Å². The SMILES string of the molecule is Cn1ccc(CC[C@@H](S)CS)n1. The van der Waals surface area contributed by atoms with Crippen molar-refractivity contribution in [1.29, 1.82) is 0 Å². The van der Waals surface area contributed by atoms with Gasteiger partial charge in [-0.1, -0.05) is 0 Å². The lowest BCUT2D eigenvalue weighted by molar-refractivity contribution is 0.720. The Balaban J connectivity index is 2.33. The third-order valence-corrected chi connectivity index (χ3v) is 2.88. The summed E-state index contributed by atoms with van der Waals surface area (Å²) in [4.78, 5) is 0. The van der Waals surface area contributed by atoms with Crippen LogP contribution in [0.25, 0.3) is 0 Å². The van der Waals surface area contributed by atoms with Crippen LogP contribution in [0.3, 0.4) is 0 Å². The van der Waals surface area contributed by atoms with Crippen molar-refractivity contribution in [3.63, 3.8) is 0 Å². The second-order valence-electron chi connectivity index (χ2n) is 2.86. The number of nitrogens with zero attached hydrogens (tertiary/aromatic N) is 2. The average Bonchev–Trinajstić information content (AvgIpc) is 2.47. The summed E-state index contributed by atoms with van der Waals surface area (Å²) in [7, 11) is 1.93. The molecule has 1 aromatic heterocycles. The Kier molecular flexibility index (Phi) is 4.01. The Bertz CT molecular complexity index is 235. The van der Waals surface area contributed by atoms with Crippen LogP contribution in [-0.2, 0) is 13.5 Å². The van der Waals surface area contributed by atoms with Gasteiger partial charge in [0.25, 0.3) is 0 Å². The van der Waals surface area contributed by atoms with E-state index < -0.39 is 0 Å². The summed E-state index contributed by atoms with van der Waals surface area (Å²) in [5.74, 6) is 0.829. The predicted octanol–water partition coefficient (Wildman–Crippen LogP) is 1.58. The maximum absolute atomic E-state index is 4.36. The molecular formula is C8H14N2S2. The molecule has 68 valence electrons. The molecule has 0 unspecified atom stereocenters. The summed E-state index contributed by atoms with van der Waals surface area (Å²) in [5, 5.41) is 4.66. The molecule has 0 saturated carbocycles. The summed E-state index contributed by atoms with van der Waals surface area (Å²) in [6, 6.07) is 2.04. The number of aromatic nitrogens is 2. The van der Waals surface area contributed by atoms with E-state index in [-0.39, 0.29) is 0 Å². The highest BCUT2D eigenvalue weighted by Gasteiger charge is 2.02. The number of thiol groups is 2. The molecule has 12 heavy (non-hydrogen) atoms. The quantitative estimate of drug-likeness (QED) is 0.709. The number of hydrogen-bond donors (Lipinski definition) is 2. The number of hydrogen-bond acceptors (Lipinski definition) is 3. The van der Waals surface area contributed by atoms with E-state index in [1.54, 1.807) is 0 Å². The molecule has 0 aliphatic rings. The highest BCUT2D eigenvalue weighted by molar-refractivity contribution is 7.84. The minimum absolute atomic E-state index is 0.385. The second kappa shape index (κ2) is 4.82. The van der Waals surface area contributed by atoms with Crippen LogP contribution in [0, 0.1) is 0 Å². The zero-order chi connectivity index (χ0) is 8.97. The van der Waals surface area contributed by atoms with Crippen molar-refractivity contribution in [1.82, 2.24) is 9.78 Å². The third kappa shape index (κ3) is 3.11. The Morgan fingerprint density at radius 1 is 1.67 bits per heavy atom. The van der Waals surface area contributed by atoms with E-state index >= 15 is 0 Å². The topological polar surface area (TPSA) is 17.8 Å². The lowest BCUT2D eigenvalue weighted by Crippen LogP contribution is -2.02. The van der Waals surface area contributed by atoms with Crippen molar-refractivity contribution in [3.8, 4) is 0 Å². The van der Waals surface area contributed by atoms with Gasteiger partial charge in [-0.2, -0.15) is 30.4 Å². The molecule has 0 saturated heterocycles. The van der Waals surface area contributed by atoms with Crippen LogP contribution in [-0.4, -0.2) is 20.8 Å². The summed E-state index contributed by atoms with van der Waals surface area (Å²) in [6.45, 7) is 0. The fourth-order valence-corrected chi connectivity index (χ4v) is 1.31. The molecule has 0 bridgehead atoms.